The lowest BCUT2D eigenvalue weighted by atomic mass is 10.2. The second-order valence-corrected chi connectivity index (χ2v) is 3.95. The van der Waals surface area contributed by atoms with E-state index in [0.717, 1.165) is 12.2 Å². The first kappa shape index (κ1) is 13.6. The molecule has 1 aromatic carbocycles. The van der Waals surface area contributed by atoms with Gasteiger partial charge in [-0.1, -0.05) is 6.07 Å². The summed E-state index contributed by atoms with van der Waals surface area (Å²) < 4.78 is 5.34. The molecule has 20 heavy (non-hydrogen) atoms. The minimum atomic E-state index is 0.539. The Kier molecular flexibility index (Phi) is 4.35. The molecule has 0 radical (unpaired) electrons. The summed E-state index contributed by atoms with van der Waals surface area (Å²) in [6, 6.07) is 9.25. The molecule has 0 aliphatic carbocycles. The zero-order chi connectivity index (χ0) is 14.4. The Labute approximate surface area is 117 Å². The fraction of sp³-hybridized carbons (Fsp3) is 0.214. The van der Waals surface area contributed by atoms with Gasteiger partial charge in [0.05, 0.1) is 18.7 Å². The minimum absolute atomic E-state index is 0.539. The average Bonchev–Trinajstić information content (AvgIpc) is 2.48. The van der Waals surface area contributed by atoms with E-state index in [1.165, 1.54) is 6.33 Å². The molecular formula is C14H15N5O. The number of nitrogens with one attached hydrogen (secondary N) is 2. The van der Waals surface area contributed by atoms with E-state index < -0.39 is 0 Å². The Morgan fingerprint density at radius 1 is 1.30 bits per heavy atom. The molecule has 0 saturated heterocycles. The lowest BCUT2D eigenvalue weighted by Gasteiger charge is -2.13. The van der Waals surface area contributed by atoms with Gasteiger partial charge in [0.1, 0.15) is 6.33 Å². The van der Waals surface area contributed by atoms with Crippen molar-refractivity contribution in [3.63, 3.8) is 0 Å². The van der Waals surface area contributed by atoms with Gasteiger partial charge in [0.15, 0.2) is 11.6 Å². The predicted molar refractivity (Wildman–Crippen MR) is 77.2 cm³/mol. The van der Waals surface area contributed by atoms with Crippen LogP contribution in [-0.2, 0) is 0 Å². The SMILES string of the molecule is CCNc1ncnc(Nc2cccc(C#N)c2)c1OC. The Morgan fingerprint density at radius 2 is 2.10 bits per heavy atom. The van der Waals surface area contributed by atoms with Crippen molar-refractivity contribution in [1.82, 2.24) is 9.97 Å². The van der Waals surface area contributed by atoms with Gasteiger partial charge in [-0.2, -0.15) is 5.26 Å². The normalized spacial score (nSPS) is 9.65. The largest absolute Gasteiger partial charge is 0.490 e. The van der Waals surface area contributed by atoms with Crippen LogP contribution in [0.4, 0.5) is 17.3 Å². The molecule has 0 amide bonds. The van der Waals surface area contributed by atoms with Crippen LogP contribution in [-0.4, -0.2) is 23.6 Å². The zero-order valence-electron chi connectivity index (χ0n) is 11.3. The van der Waals surface area contributed by atoms with Crippen molar-refractivity contribution >= 4 is 17.3 Å². The maximum atomic E-state index is 8.90. The molecule has 0 aliphatic rings. The average molecular weight is 269 g/mol. The van der Waals surface area contributed by atoms with E-state index in [1.54, 1.807) is 25.3 Å². The summed E-state index contributed by atoms with van der Waals surface area (Å²) in [6.45, 7) is 2.71. The first-order valence-electron chi connectivity index (χ1n) is 6.18. The van der Waals surface area contributed by atoms with Crippen LogP contribution in [0, 0.1) is 11.3 Å². The van der Waals surface area contributed by atoms with Crippen LogP contribution >= 0.6 is 0 Å². The summed E-state index contributed by atoms with van der Waals surface area (Å²) in [4.78, 5) is 8.31. The first-order valence-corrected chi connectivity index (χ1v) is 6.18. The van der Waals surface area contributed by atoms with Crippen molar-refractivity contribution in [2.45, 2.75) is 6.92 Å². The maximum absolute atomic E-state index is 8.90. The molecule has 1 aromatic heterocycles. The minimum Gasteiger partial charge on any atom is -0.490 e. The van der Waals surface area contributed by atoms with E-state index in [4.69, 9.17) is 10.00 Å². The molecule has 0 spiro atoms. The molecule has 1 heterocycles. The van der Waals surface area contributed by atoms with Crippen LogP contribution in [0.15, 0.2) is 30.6 Å². The Hall–Kier alpha value is -2.81. The summed E-state index contributed by atoms with van der Waals surface area (Å²) in [5.41, 5.74) is 1.35. The van der Waals surface area contributed by atoms with E-state index in [9.17, 15) is 0 Å². The van der Waals surface area contributed by atoms with Crippen molar-refractivity contribution in [3.8, 4) is 11.8 Å². The summed E-state index contributed by atoms with van der Waals surface area (Å²) in [6.07, 6.45) is 1.46. The van der Waals surface area contributed by atoms with Gasteiger partial charge in [0.25, 0.3) is 0 Å². The number of hydrogen-bond donors (Lipinski definition) is 2. The second kappa shape index (κ2) is 6.38. The van der Waals surface area contributed by atoms with Crippen molar-refractivity contribution in [1.29, 1.82) is 5.26 Å². The molecule has 0 bridgehead atoms. The highest BCUT2D eigenvalue weighted by Crippen LogP contribution is 2.31. The lowest BCUT2D eigenvalue weighted by molar-refractivity contribution is 0.415. The molecular weight excluding hydrogens is 254 g/mol. The second-order valence-electron chi connectivity index (χ2n) is 3.95. The Balaban J connectivity index is 2.33. The highest BCUT2D eigenvalue weighted by molar-refractivity contribution is 5.69. The van der Waals surface area contributed by atoms with Crippen LogP contribution < -0.4 is 15.4 Å². The molecule has 2 aromatic rings. The number of aromatic nitrogens is 2. The third kappa shape index (κ3) is 2.95. The quantitative estimate of drug-likeness (QED) is 0.867. The fourth-order valence-electron chi connectivity index (χ4n) is 1.75. The zero-order valence-corrected chi connectivity index (χ0v) is 11.3. The molecule has 6 heteroatoms. The summed E-state index contributed by atoms with van der Waals surface area (Å²) in [7, 11) is 1.57. The van der Waals surface area contributed by atoms with Crippen LogP contribution in [0.3, 0.4) is 0 Å². The number of nitriles is 1. The fourth-order valence-corrected chi connectivity index (χ4v) is 1.75. The number of anilines is 3. The smallest absolute Gasteiger partial charge is 0.204 e. The van der Waals surface area contributed by atoms with Crippen LogP contribution in [0.25, 0.3) is 0 Å². The standard InChI is InChI=1S/C14H15N5O/c1-3-16-13-12(20-2)14(18-9-17-13)19-11-6-4-5-10(7-11)8-15/h4-7,9H,3H2,1-2H3,(H2,16,17,18,19). The van der Waals surface area contributed by atoms with Gasteiger partial charge in [0.2, 0.25) is 5.75 Å². The molecule has 2 N–H and O–H groups in total. The third-order valence-electron chi connectivity index (χ3n) is 2.61. The lowest BCUT2D eigenvalue weighted by Crippen LogP contribution is -2.05. The molecule has 2 rings (SSSR count). The summed E-state index contributed by atoms with van der Waals surface area (Å²) in [5.74, 6) is 1.72. The topological polar surface area (TPSA) is 82.9 Å². The maximum Gasteiger partial charge on any atom is 0.204 e. The molecule has 0 aliphatic heterocycles. The number of rotatable bonds is 5. The van der Waals surface area contributed by atoms with Crippen molar-refractivity contribution < 1.29 is 4.74 Å². The molecule has 0 saturated carbocycles. The van der Waals surface area contributed by atoms with E-state index in [-0.39, 0.29) is 0 Å². The molecule has 0 fully saturated rings. The van der Waals surface area contributed by atoms with Crippen LogP contribution in [0.2, 0.25) is 0 Å². The van der Waals surface area contributed by atoms with Gasteiger partial charge in [-0.25, -0.2) is 9.97 Å². The van der Waals surface area contributed by atoms with E-state index >= 15 is 0 Å². The van der Waals surface area contributed by atoms with Crippen molar-refractivity contribution in [3.05, 3.63) is 36.2 Å². The van der Waals surface area contributed by atoms with Crippen LogP contribution in [0.1, 0.15) is 12.5 Å². The highest BCUT2D eigenvalue weighted by Gasteiger charge is 2.11. The van der Waals surface area contributed by atoms with E-state index in [1.807, 2.05) is 13.0 Å². The molecule has 0 unspecified atom stereocenters. The van der Waals surface area contributed by atoms with Gasteiger partial charge >= 0.3 is 0 Å². The van der Waals surface area contributed by atoms with Gasteiger partial charge in [0, 0.05) is 12.2 Å². The van der Waals surface area contributed by atoms with Gasteiger partial charge in [-0.15, -0.1) is 0 Å². The number of hydrogen-bond acceptors (Lipinski definition) is 6. The van der Waals surface area contributed by atoms with Gasteiger partial charge in [-0.3, -0.25) is 0 Å². The van der Waals surface area contributed by atoms with Crippen molar-refractivity contribution in [2.75, 3.05) is 24.3 Å². The number of benzene rings is 1. The first-order chi connectivity index (χ1) is 9.78. The summed E-state index contributed by atoms with van der Waals surface area (Å²) >= 11 is 0. The molecule has 6 nitrogen and oxygen atoms in total. The monoisotopic (exact) mass is 269 g/mol. The van der Waals surface area contributed by atoms with Gasteiger partial charge in [-0.05, 0) is 25.1 Å². The number of methoxy groups -OCH3 is 1. The van der Waals surface area contributed by atoms with E-state index in [0.29, 0.717) is 22.9 Å². The predicted octanol–water partition coefficient (Wildman–Crippen LogP) is 2.53. The van der Waals surface area contributed by atoms with Crippen molar-refractivity contribution in [2.24, 2.45) is 0 Å². The Morgan fingerprint density at radius 3 is 2.80 bits per heavy atom. The Bertz CT molecular complexity index is 636. The molecule has 102 valence electrons. The van der Waals surface area contributed by atoms with Crippen LogP contribution in [0.5, 0.6) is 5.75 Å². The third-order valence-corrected chi connectivity index (χ3v) is 2.61. The molecule has 0 atom stereocenters. The number of nitrogens with zero attached hydrogens (tertiary/aromatic N) is 3. The van der Waals surface area contributed by atoms with Gasteiger partial charge < -0.3 is 15.4 Å². The number of ether oxygens (including phenoxy) is 1. The van der Waals surface area contributed by atoms with E-state index in [2.05, 4.69) is 26.7 Å². The highest BCUT2D eigenvalue weighted by atomic mass is 16.5. The summed E-state index contributed by atoms with van der Waals surface area (Å²) in [5, 5.41) is 15.1.